The minimum Gasteiger partial charge on any atom is -0.461 e. The van der Waals surface area contributed by atoms with Crippen molar-refractivity contribution < 1.29 is 14.1 Å². The maximum absolute atomic E-state index is 11.7. The average Bonchev–Trinajstić information content (AvgIpc) is 2.93. The van der Waals surface area contributed by atoms with E-state index in [4.69, 9.17) is 32.5 Å². The van der Waals surface area contributed by atoms with Gasteiger partial charge in [0.15, 0.2) is 5.69 Å². The van der Waals surface area contributed by atoms with Gasteiger partial charge in [-0.1, -0.05) is 34.4 Å². The number of benzene rings is 1. The highest BCUT2D eigenvalue weighted by Gasteiger charge is 2.16. The van der Waals surface area contributed by atoms with Crippen LogP contribution in [-0.2, 0) is 4.74 Å². The van der Waals surface area contributed by atoms with Crippen molar-refractivity contribution in [2.75, 3.05) is 6.61 Å². The number of aromatic nitrogens is 2. The molecule has 0 aliphatic carbocycles. The van der Waals surface area contributed by atoms with E-state index in [0.29, 0.717) is 21.1 Å². The second kappa shape index (κ2) is 5.94. The fraction of sp³-hybridized carbons (Fsp3) is 0.133. The number of rotatable bonds is 3. The zero-order chi connectivity index (χ0) is 15.7. The monoisotopic (exact) mass is 336 g/mol. The summed E-state index contributed by atoms with van der Waals surface area (Å²) in [6.45, 7) is 2.01. The smallest absolute Gasteiger partial charge is 0.357 e. The lowest BCUT2D eigenvalue weighted by molar-refractivity contribution is 0.0519. The van der Waals surface area contributed by atoms with Crippen LogP contribution in [0.15, 0.2) is 34.9 Å². The molecule has 0 spiro atoms. The van der Waals surface area contributed by atoms with Crippen LogP contribution in [-0.4, -0.2) is 22.7 Å². The van der Waals surface area contributed by atoms with Gasteiger partial charge in [-0.15, -0.1) is 0 Å². The van der Waals surface area contributed by atoms with Gasteiger partial charge in [-0.3, -0.25) is 0 Å². The molecule has 3 aromatic rings. The van der Waals surface area contributed by atoms with Gasteiger partial charge in [-0.25, -0.2) is 9.78 Å². The van der Waals surface area contributed by atoms with E-state index in [1.807, 2.05) is 0 Å². The first-order chi connectivity index (χ1) is 10.6. The number of halogens is 2. The Labute approximate surface area is 135 Å². The van der Waals surface area contributed by atoms with Crippen LogP contribution < -0.4 is 0 Å². The Balaban J connectivity index is 2.05. The maximum atomic E-state index is 11.7. The molecule has 112 valence electrons. The van der Waals surface area contributed by atoms with Gasteiger partial charge in [-0.05, 0) is 31.2 Å². The topological polar surface area (TPSA) is 65.2 Å². The minimum absolute atomic E-state index is 0.172. The highest BCUT2D eigenvalue weighted by atomic mass is 35.5. The standard InChI is InChI=1S/C15H10Cl2N2O3/c1-2-21-15(20)12-6-4-9-13(19-22-14(9)18-12)8-3-5-10(16)11(17)7-8/h3-7H,2H2,1H3. The SMILES string of the molecule is CCOC(=O)c1ccc2c(-c3ccc(Cl)c(Cl)c3)noc2n1. The quantitative estimate of drug-likeness (QED) is 0.664. The lowest BCUT2D eigenvalue weighted by atomic mass is 10.1. The number of ether oxygens (including phenoxy) is 1. The third-order valence-corrected chi connectivity index (χ3v) is 3.76. The molecule has 0 fully saturated rings. The molecule has 0 N–H and O–H groups in total. The first-order valence-electron chi connectivity index (χ1n) is 6.49. The lowest BCUT2D eigenvalue weighted by Crippen LogP contribution is -2.06. The van der Waals surface area contributed by atoms with Crippen molar-refractivity contribution in [1.29, 1.82) is 0 Å². The molecule has 0 saturated carbocycles. The number of carbonyl (C=O) groups is 1. The Kier molecular flexibility index (Phi) is 4.00. The first kappa shape index (κ1) is 14.8. The predicted octanol–water partition coefficient (Wildman–Crippen LogP) is 4.37. The van der Waals surface area contributed by atoms with Crippen LogP contribution in [0.25, 0.3) is 22.4 Å². The van der Waals surface area contributed by atoms with Crippen LogP contribution in [0.1, 0.15) is 17.4 Å². The van der Waals surface area contributed by atoms with Crippen molar-refractivity contribution in [2.45, 2.75) is 6.92 Å². The Morgan fingerprint density at radius 1 is 1.23 bits per heavy atom. The highest BCUT2D eigenvalue weighted by molar-refractivity contribution is 6.42. The summed E-state index contributed by atoms with van der Waals surface area (Å²) in [5, 5.41) is 5.55. The Hall–Kier alpha value is -2.11. The summed E-state index contributed by atoms with van der Waals surface area (Å²) >= 11 is 11.9. The van der Waals surface area contributed by atoms with E-state index in [0.717, 1.165) is 5.56 Å². The molecule has 2 aromatic heterocycles. The molecule has 0 amide bonds. The fourth-order valence-electron chi connectivity index (χ4n) is 2.00. The molecule has 2 heterocycles. The summed E-state index contributed by atoms with van der Waals surface area (Å²) in [5.74, 6) is -0.503. The summed E-state index contributed by atoms with van der Waals surface area (Å²) in [7, 11) is 0. The molecule has 0 aliphatic heterocycles. The van der Waals surface area contributed by atoms with Crippen molar-refractivity contribution in [3.63, 3.8) is 0 Å². The number of esters is 1. The molecule has 0 saturated heterocycles. The molecule has 0 aliphatic rings. The molecule has 1 aromatic carbocycles. The van der Waals surface area contributed by atoms with Crippen LogP contribution in [0, 0.1) is 0 Å². The largest absolute Gasteiger partial charge is 0.461 e. The van der Waals surface area contributed by atoms with E-state index < -0.39 is 5.97 Å². The van der Waals surface area contributed by atoms with Crippen LogP contribution >= 0.6 is 23.2 Å². The summed E-state index contributed by atoms with van der Waals surface area (Å²) in [6.07, 6.45) is 0. The Morgan fingerprint density at radius 2 is 2.05 bits per heavy atom. The van der Waals surface area contributed by atoms with Crippen LogP contribution in [0.4, 0.5) is 0 Å². The van der Waals surface area contributed by atoms with Crippen LogP contribution in [0.5, 0.6) is 0 Å². The van der Waals surface area contributed by atoms with Crippen molar-refractivity contribution in [2.24, 2.45) is 0 Å². The molecule has 0 radical (unpaired) electrons. The summed E-state index contributed by atoms with van der Waals surface area (Å²) in [6, 6.07) is 8.44. The predicted molar refractivity (Wildman–Crippen MR) is 83.2 cm³/mol. The highest BCUT2D eigenvalue weighted by Crippen LogP contribution is 2.31. The van der Waals surface area contributed by atoms with Crippen molar-refractivity contribution >= 4 is 40.3 Å². The van der Waals surface area contributed by atoms with Crippen molar-refractivity contribution in [1.82, 2.24) is 10.1 Å². The van der Waals surface area contributed by atoms with Gasteiger partial charge in [0.2, 0.25) is 0 Å². The zero-order valence-electron chi connectivity index (χ0n) is 11.5. The number of hydrogen-bond acceptors (Lipinski definition) is 5. The first-order valence-corrected chi connectivity index (χ1v) is 7.24. The molecule has 7 heteroatoms. The number of nitrogens with zero attached hydrogens (tertiary/aromatic N) is 2. The Bertz CT molecular complexity index is 861. The van der Waals surface area contributed by atoms with E-state index in [2.05, 4.69) is 10.1 Å². The van der Waals surface area contributed by atoms with E-state index in [9.17, 15) is 4.79 Å². The number of hydrogen-bond donors (Lipinski definition) is 0. The van der Waals surface area contributed by atoms with E-state index >= 15 is 0 Å². The summed E-state index contributed by atoms with van der Waals surface area (Å²) < 4.78 is 10.1. The molecule has 0 unspecified atom stereocenters. The maximum Gasteiger partial charge on any atom is 0.357 e. The number of pyridine rings is 1. The van der Waals surface area contributed by atoms with Gasteiger partial charge in [0.1, 0.15) is 5.69 Å². The third-order valence-electron chi connectivity index (χ3n) is 3.02. The average molecular weight is 337 g/mol. The Morgan fingerprint density at radius 3 is 2.77 bits per heavy atom. The third kappa shape index (κ3) is 2.65. The van der Waals surface area contributed by atoms with Crippen molar-refractivity contribution in [3.8, 4) is 11.3 Å². The zero-order valence-corrected chi connectivity index (χ0v) is 13.0. The van der Waals surface area contributed by atoms with Crippen LogP contribution in [0.2, 0.25) is 10.0 Å². The molecule has 0 atom stereocenters. The molecule has 5 nitrogen and oxygen atoms in total. The second-order valence-electron chi connectivity index (χ2n) is 4.43. The van der Waals surface area contributed by atoms with Gasteiger partial charge in [0.05, 0.1) is 22.0 Å². The lowest BCUT2D eigenvalue weighted by Gasteiger charge is -2.01. The second-order valence-corrected chi connectivity index (χ2v) is 5.24. The molecule has 0 bridgehead atoms. The van der Waals surface area contributed by atoms with Gasteiger partial charge >= 0.3 is 5.97 Å². The van der Waals surface area contributed by atoms with E-state index in [-0.39, 0.29) is 18.0 Å². The van der Waals surface area contributed by atoms with Gasteiger partial charge in [0.25, 0.3) is 5.71 Å². The number of carbonyl (C=O) groups excluding carboxylic acids is 1. The van der Waals surface area contributed by atoms with Crippen molar-refractivity contribution in [3.05, 3.63) is 46.1 Å². The van der Waals surface area contributed by atoms with E-state index in [1.54, 1.807) is 37.3 Å². The molecule has 22 heavy (non-hydrogen) atoms. The molecular weight excluding hydrogens is 327 g/mol. The summed E-state index contributed by atoms with van der Waals surface area (Å²) in [5.41, 5.74) is 1.76. The van der Waals surface area contributed by atoms with E-state index in [1.165, 1.54) is 0 Å². The van der Waals surface area contributed by atoms with Crippen LogP contribution in [0.3, 0.4) is 0 Å². The molecular formula is C15H10Cl2N2O3. The number of fused-ring (bicyclic) bond motifs is 1. The minimum atomic E-state index is -0.503. The normalized spacial score (nSPS) is 10.9. The van der Waals surface area contributed by atoms with Gasteiger partial charge in [-0.2, -0.15) is 0 Å². The summed E-state index contributed by atoms with van der Waals surface area (Å²) in [4.78, 5) is 15.8. The molecule has 3 rings (SSSR count). The fourth-order valence-corrected chi connectivity index (χ4v) is 2.30. The van der Waals surface area contributed by atoms with Gasteiger partial charge in [0, 0.05) is 5.56 Å². The van der Waals surface area contributed by atoms with Gasteiger partial charge < -0.3 is 9.26 Å².